The molecule has 2 N–H and O–H groups in total. The summed E-state index contributed by atoms with van der Waals surface area (Å²) in [6, 6.07) is 17.0. The maximum atomic E-state index is 12.5. The van der Waals surface area contributed by atoms with E-state index in [1.807, 2.05) is 56.3 Å². The topological polar surface area (TPSA) is 58.6 Å². The molecule has 3 rings (SSSR count). The molecule has 25 heavy (non-hydrogen) atoms. The minimum absolute atomic E-state index is 0.194. The number of hydrogen-bond donors (Lipinski definition) is 2. The number of hydrogen-bond acceptors (Lipinski definition) is 4. The van der Waals surface area contributed by atoms with Gasteiger partial charge in [0.25, 0.3) is 0 Å². The predicted molar refractivity (Wildman–Crippen MR) is 97.7 cm³/mol. The first kappa shape index (κ1) is 16.8. The highest BCUT2D eigenvalue weighted by molar-refractivity contribution is 5.97. The molecular formula is C21H21NO3. The monoisotopic (exact) mass is 335 g/mol. The largest absolute Gasteiger partial charge is 0.508 e. The van der Waals surface area contributed by atoms with E-state index in [4.69, 9.17) is 4.74 Å². The lowest BCUT2D eigenvalue weighted by molar-refractivity contribution is -0.136. The van der Waals surface area contributed by atoms with E-state index in [-0.39, 0.29) is 17.6 Å². The molecule has 1 atom stereocenters. The fourth-order valence-electron chi connectivity index (χ4n) is 3.38. The molecule has 0 aromatic heterocycles. The zero-order chi connectivity index (χ0) is 18.0. The smallest absolute Gasteiger partial charge is 0.336 e. The lowest BCUT2D eigenvalue weighted by Crippen LogP contribution is -2.28. The molecule has 0 saturated heterocycles. The lowest BCUT2D eigenvalue weighted by atomic mass is 9.77. The van der Waals surface area contributed by atoms with Crippen LogP contribution >= 0.6 is 0 Å². The fraction of sp³-hybridized carbons (Fsp3) is 0.190. The summed E-state index contributed by atoms with van der Waals surface area (Å²) in [4.78, 5) is 12.5. The highest BCUT2D eigenvalue weighted by Gasteiger charge is 2.34. The summed E-state index contributed by atoms with van der Waals surface area (Å²) in [5.41, 5.74) is 5.35. The van der Waals surface area contributed by atoms with E-state index in [0.29, 0.717) is 5.57 Å². The second kappa shape index (κ2) is 6.85. The van der Waals surface area contributed by atoms with Crippen molar-refractivity contribution in [3.63, 3.8) is 0 Å². The molecule has 0 amide bonds. The van der Waals surface area contributed by atoms with E-state index in [1.165, 1.54) is 7.11 Å². The maximum absolute atomic E-state index is 12.5. The number of carbonyl (C=O) groups excluding carboxylic acids is 1. The predicted octanol–water partition coefficient (Wildman–Crippen LogP) is 3.96. The summed E-state index contributed by atoms with van der Waals surface area (Å²) in [5.74, 6) is -0.430. The molecule has 2 aromatic rings. The van der Waals surface area contributed by atoms with E-state index in [1.54, 1.807) is 12.1 Å². The lowest BCUT2D eigenvalue weighted by Gasteiger charge is -2.31. The number of benzene rings is 2. The van der Waals surface area contributed by atoms with Gasteiger partial charge in [-0.25, -0.2) is 4.79 Å². The molecule has 1 heterocycles. The van der Waals surface area contributed by atoms with E-state index >= 15 is 0 Å². The van der Waals surface area contributed by atoms with Gasteiger partial charge in [0, 0.05) is 17.3 Å². The zero-order valence-corrected chi connectivity index (χ0v) is 14.5. The van der Waals surface area contributed by atoms with Crippen molar-refractivity contribution < 1.29 is 14.6 Å². The number of allylic oxidation sites excluding steroid dienone is 3. The van der Waals surface area contributed by atoms with Crippen LogP contribution in [0.25, 0.3) is 5.57 Å². The number of esters is 1. The van der Waals surface area contributed by atoms with Crippen molar-refractivity contribution in [3.8, 4) is 5.75 Å². The van der Waals surface area contributed by atoms with Crippen LogP contribution in [0.5, 0.6) is 5.75 Å². The number of carbonyl (C=O) groups is 1. The minimum Gasteiger partial charge on any atom is -0.508 e. The second-order valence-electron chi connectivity index (χ2n) is 6.08. The van der Waals surface area contributed by atoms with Crippen LogP contribution in [0.4, 0.5) is 0 Å². The third-order valence-electron chi connectivity index (χ3n) is 4.48. The molecule has 1 aliphatic heterocycles. The molecule has 0 radical (unpaired) electrons. The van der Waals surface area contributed by atoms with Crippen molar-refractivity contribution in [3.05, 3.63) is 82.7 Å². The van der Waals surface area contributed by atoms with Gasteiger partial charge in [-0.15, -0.1) is 0 Å². The minimum atomic E-state index is -0.357. The highest BCUT2D eigenvalue weighted by atomic mass is 16.5. The number of methoxy groups -OCH3 is 1. The molecule has 128 valence electrons. The van der Waals surface area contributed by atoms with Crippen molar-refractivity contribution >= 4 is 11.5 Å². The Kier molecular flexibility index (Phi) is 4.61. The van der Waals surface area contributed by atoms with Gasteiger partial charge in [-0.2, -0.15) is 0 Å². The number of phenolic OH excluding ortho intramolecular Hbond substituents is 1. The number of dihydropyridines is 1. The average molecular weight is 335 g/mol. The van der Waals surface area contributed by atoms with Crippen molar-refractivity contribution in [2.24, 2.45) is 0 Å². The zero-order valence-electron chi connectivity index (χ0n) is 14.5. The summed E-state index contributed by atoms with van der Waals surface area (Å²) in [6.07, 6.45) is 0. The van der Waals surface area contributed by atoms with Crippen LogP contribution in [-0.4, -0.2) is 18.2 Å². The maximum Gasteiger partial charge on any atom is 0.336 e. The van der Waals surface area contributed by atoms with Crippen LogP contribution in [0.3, 0.4) is 0 Å². The van der Waals surface area contributed by atoms with Crippen LogP contribution in [0.1, 0.15) is 30.9 Å². The highest BCUT2D eigenvalue weighted by Crippen LogP contribution is 2.43. The normalized spacial score (nSPS) is 17.3. The average Bonchev–Trinajstić information content (AvgIpc) is 2.62. The van der Waals surface area contributed by atoms with E-state index in [2.05, 4.69) is 5.32 Å². The number of aromatic hydroxyl groups is 1. The Labute approximate surface area is 147 Å². The fourth-order valence-corrected chi connectivity index (χ4v) is 3.38. The summed E-state index contributed by atoms with van der Waals surface area (Å²) < 4.78 is 5.05. The van der Waals surface area contributed by atoms with Crippen LogP contribution < -0.4 is 5.32 Å². The second-order valence-corrected chi connectivity index (χ2v) is 6.08. The summed E-state index contributed by atoms with van der Waals surface area (Å²) in [7, 11) is 1.39. The molecule has 1 aliphatic rings. The summed E-state index contributed by atoms with van der Waals surface area (Å²) in [6.45, 7) is 3.89. The third kappa shape index (κ3) is 3.15. The Morgan fingerprint density at radius 2 is 1.64 bits per heavy atom. The Balaban J connectivity index is 2.23. The Morgan fingerprint density at radius 3 is 2.24 bits per heavy atom. The molecule has 4 nitrogen and oxygen atoms in total. The van der Waals surface area contributed by atoms with Crippen molar-refractivity contribution in [1.82, 2.24) is 5.32 Å². The van der Waals surface area contributed by atoms with Crippen LogP contribution in [0.15, 0.2) is 71.6 Å². The van der Waals surface area contributed by atoms with Crippen LogP contribution in [0, 0.1) is 0 Å². The molecule has 0 fully saturated rings. The van der Waals surface area contributed by atoms with E-state index < -0.39 is 0 Å². The van der Waals surface area contributed by atoms with Crippen LogP contribution in [0.2, 0.25) is 0 Å². The van der Waals surface area contributed by atoms with Crippen molar-refractivity contribution in [2.75, 3.05) is 7.11 Å². The molecule has 0 spiro atoms. The number of rotatable bonds is 3. The van der Waals surface area contributed by atoms with Gasteiger partial charge in [-0.1, -0.05) is 42.5 Å². The number of ether oxygens (including phenoxy) is 1. The molecule has 0 aliphatic carbocycles. The van der Waals surface area contributed by atoms with Gasteiger partial charge in [-0.05, 0) is 42.7 Å². The van der Waals surface area contributed by atoms with Crippen molar-refractivity contribution in [1.29, 1.82) is 0 Å². The van der Waals surface area contributed by atoms with Gasteiger partial charge in [0.1, 0.15) is 5.75 Å². The first-order valence-electron chi connectivity index (χ1n) is 8.14. The third-order valence-corrected chi connectivity index (χ3v) is 4.48. The van der Waals surface area contributed by atoms with Crippen molar-refractivity contribution in [2.45, 2.75) is 19.8 Å². The molecule has 1 unspecified atom stereocenters. The molecular weight excluding hydrogens is 314 g/mol. The molecule has 4 heteroatoms. The Hall–Kier alpha value is -3.01. The number of nitrogens with one attached hydrogen (secondary N) is 1. The summed E-state index contributed by atoms with van der Waals surface area (Å²) in [5, 5.41) is 12.9. The first-order valence-corrected chi connectivity index (χ1v) is 8.14. The van der Waals surface area contributed by atoms with E-state index in [9.17, 15) is 9.90 Å². The molecule has 0 bridgehead atoms. The molecule has 0 saturated carbocycles. The van der Waals surface area contributed by atoms with E-state index in [0.717, 1.165) is 28.1 Å². The Morgan fingerprint density at radius 1 is 1.00 bits per heavy atom. The summed E-state index contributed by atoms with van der Waals surface area (Å²) >= 11 is 0. The van der Waals surface area contributed by atoms with Gasteiger partial charge < -0.3 is 15.2 Å². The first-order chi connectivity index (χ1) is 12.0. The van der Waals surface area contributed by atoms with Gasteiger partial charge in [-0.3, -0.25) is 0 Å². The van der Waals surface area contributed by atoms with Gasteiger partial charge in [0.05, 0.1) is 12.7 Å². The Bertz CT molecular complexity index is 848. The van der Waals surface area contributed by atoms with Gasteiger partial charge >= 0.3 is 5.97 Å². The SMILES string of the molecule is COC(=O)C1=C(C)NC(C)=C(c2ccccc2)C1c1ccc(O)cc1. The number of phenols is 1. The van der Waals surface area contributed by atoms with Crippen LogP contribution in [-0.2, 0) is 9.53 Å². The standard InChI is InChI=1S/C21H21NO3/c1-13-18(15-7-5-4-6-8-15)20(16-9-11-17(23)12-10-16)19(14(2)22-13)21(24)25-3/h4-12,20,22-23H,1-3H3. The van der Waals surface area contributed by atoms with Gasteiger partial charge in [0.15, 0.2) is 0 Å². The quantitative estimate of drug-likeness (QED) is 0.834. The molecule has 2 aromatic carbocycles. The van der Waals surface area contributed by atoms with Gasteiger partial charge in [0.2, 0.25) is 0 Å².